The van der Waals surface area contributed by atoms with E-state index in [0.717, 1.165) is 31.0 Å². The second kappa shape index (κ2) is 6.22. The van der Waals surface area contributed by atoms with Crippen LogP contribution in [0.3, 0.4) is 0 Å². The summed E-state index contributed by atoms with van der Waals surface area (Å²) in [6.45, 7) is 15.7. The number of aromatic nitrogens is 2. The van der Waals surface area contributed by atoms with Crippen molar-refractivity contribution in [3.05, 3.63) is 46.1 Å². The molecule has 0 aromatic carbocycles. The average molecular weight is 310 g/mol. The third-order valence-electron chi connectivity index (χ3n) is 5.81. The molecule has 2 unspecified atom stereocenters. The number of hydrogen-bond donors (Lipinski definition) is 0. The van der Waals surface area contributed by atoms with Gasteiger partial charge in [0.2, 0.25) is 0 Å². The van der Waals surface area contributed by atoms with Crippen LogP contribution >= 0.6 is 0 Å². The van der Waals surface area contributed by atoms with E-state index >= 15 is 0 Å². The highest BCUT2D eigenvalue weighted by Gasteiger charge is 2.36. The molecule has 0 aliphatic heterocycles. The summed E-state index contributed by atoms with van der Waals surface area (Å²) in [6.07, 6.45) is 5.97. The normalized spacial score (nSPS) is 24.9. The van der Waals surface area contributed by atoms with Crippen LogP contribution in [0.1, 0.15) is 62.8 Å². The molecule has 1 heterocycles. The largest absolute Gasteiger partial charge is 0.238 e. The second-order valence-corrected chi connectivity index (χ2v) is 7.62. The third-order valence-corrected chi connectivity index (χ3v) is 5.81. The molecule has 0 radical (unpaired) electrons. The van der Waals surface area contributed by atoms with E-state index in [4.69, 9.17) is 4.98 Å². The third kappa shape index (κ3) is 3.13. The lowest BCUT2D eigenvalue weighted by molar-refractivity contribution is 0.374. The molecule has 2 aliphatic rings. The van der Waals surface area contributed by atoms with E-state index in [1.54, 1.807) is 11.1 Å². The summed E-state index contributed by atoms with van der Waals surface area (Å²) in [7, 11) is 0. The number of rotatable bonds is 4. The Morgan fingerprint density at radius 3 is 2.48 bits per heavy atom. The van der Waals surface area contributed by atoms with E-state index < -0.39 is 0 Å². The van der Waals surface area contributed by atoms with Crippen molar-refractivity contribution in [2.75, 3.05) is 0 Å². The highest BCUT2D eigenvalue weighted by atomic mass is 14.9. The molecule has 1 fully saturated rings. The first kappa shape index (κ1) is 16.4. The fourth-order valence-electron chi connectivity index (χ4n) is 4.23. The van der Waals surface area contributed by atoms with Gasteiger partial charge in [0.25, 0.3) is 0 Å². The van der Waals surface area contributed by atoms with Crippen LogP contribution in [0.25, 0.3) is 0 Å². The van der Waals surface area contributed by atoms with Gasteiger partial charge < -0.3 is 0 Å². The van der Waals surface area contributed by atoms with Crippen LogP contribution in [-0.2, 0) is 12.8 Å². The maximum absolute atomic E-state index is 4.76. The minimum atomic E-state index is 0.535. The Balaban J connectivity index is 1.93. The molecule has 0 amide bonds. The van der Waals surface area contributed by atoms with Crippen molar-refractivity contribution in [2.45, 2.75) is 66.7 Å². The molecule has 2 atom stereocenters. The Kier molecular flexibility index (Phi) is 4.44. The number of allylic oxidation sites excluding steroid dienone is 3. The van der Waals surface area contributed by atoms with Crippen LogP contribution in [0, 0.1) is 31.6 Å². The van der Waals surface area contributed by atoms with Gasteiger partial charge in [-0.05, 0) is 87.3 Å². The predicted octanol–water partition coefficient (Wildman–Crippen LogP) is 5.14. The van der Waals surface area contributed by atoms with Crippen molar-refractivity contribution < 1.29 is 0 Å². The van der Waals surface area contributed by atoms with Crippen molar-refractivity contribution in [1.82, 2.24) is 9.97 Å². The molecule has 1 saturated carbocycles. The Labute approximate surface area is 141 Å². The molecular formula is C21H30N2. The molecule has 1 aromatic heterocycles. The molecule has 1 aromatic rings. The van der Waals surface area contributed by atoms with Gasteiger partial charge >= 0.3 is 0 Å². The number of fused-ring (bicyclic) bond motifs is 1. The molecule has 0 N–H and O–H groups in total. The van der Waals surface area contributed by atoms with Gasteiger partial charge in [-0.25, -0.2) is 9.97 Å². The van der Waals surface area contributed by atoms with Crippen LogP contribution in [0.4, 0.5) is 0 Å². The summed E-state index contributed by atoms with van der Waals surface area (Å²) in [5, 5.41) is 0. The van der Waals surface area contributed by atoms with Crippen LogP contribution in [0.2, 0.25) is 0 Å². The summed E-state index contributed by atoms with van der Waals surface area (Å²) in [6, 6.07) is 0. The Hall–Kier alpha value is -1.44. The zero-order valence-electron chi connectivity index (χ0n) is 15.4. The average Bonchev–Trinajstić information content (AvgIpc) is 3.32. The van der Waals surface area contributed by atoms with Gasteiger partial charge in [-0.15, -0.1) is 0 Å². The van der Waals surface area contributed by atoms with Gasteiger partial charge in [-0.2, -0.15) is 0 Å². The Morgan fingerprint density at radius 1 is 1.17 bits per heavy atom. The highest BCUT2D eigenvalue weighted by molar-refractivity contribution is 5.42. The lowest BCUT2D eigenvalue weighted by Crippen LogP contribution is -2.28. The fraction of sp³-hybridized carbons (Fsp3) is 0.619. The molecule has 2 aliphatic carbocycles. The summed E-state index contributed by atoms with van der Waals surface area (Å²) >= 11 is 0. The monoisotopic (exact) mass is 310 g/mol. The van der Waals surface area contributed by atoms with E-state index in [2.05, 4.69) is 39.3 Å². The van der Waals surface area contributed by atoms with Crippen LogP contribution in [0.5, 0.6) is 0 Å². The first-order valence-corrected chi connectivity index (χ1v) is 9.14. The lowest BCUT2D eigenvalue weighted by Gasteiger charge is -2.34. The smallest absolute Gasteiger partial charge is 0.125 e. The first-order chi connectivity index (χ1) is 10.9. The van der Waals surface area contributed by atoms with Gasteiger partial charge in [0.1, 0.15) is 5.82 Å². The summed E-state index contributed by atoms with van der Waals surface area (Å²) in [4.78, 5) is 9.32. The Bertz CT molecular complexity index is 665. The van der Waals surface area contributed by atoms with E-state index in [9.17, 15) is 0 Å². The molecule has 3 rings (SSSR count). The maximum atomic E-state index is 4.76. The van der Waals surface area contributed by atoms with Crippen molar-refractivity contribution in [2.24, 2.45) is 17.8 Å². The Morgan fingerprint density at radius 2 is 1.87 bits per heavy atom. The van der Waals surface area contributed by atoms with Gasteiger partial charge in [0.15, 0.2) is 0 Å². The highest BCUT2D eigenvalue weighted by Crippen LogP contribution is 2.46. The predicted molar refractivity (Wildman–Crippen MR) is 96.4 cm³/mol. The molecule has 2 heteroatoms. The van der Waals surface area contributed by atoms with Gasteiger partial charge in [-0.1, -0.05) is 26.0 Å². The second-order valence-electron chi connectivity index (χ2n) is 7.62. The lowest BCUT2D eigenvalue weighted by atomic mass is 9.72. The van der Waals surface area contributed by atoms with E-state index in [0.29, 0.717) is 11.8 Å². The van der Waals surface area contributed by atoms with Gasteiger partial charge in [-0.3, -0.25) is 0 Å². The quantitative estimate of drug-likeness (QED) is 0.720. The molecule has 0 bridgehead atoms. The SMILES string of the molecule is C=C(/C(=C(/C)CC)C1CC1)C1Cc2nc(C)nc(C)c2CC1C. The minimum absolute atomic E-state index is 0.535. The standard InChI is InChI=1S/C21H30N2/c1-7-12(2)21(17-8-9-17)14(4)18-11-20-19(10-13(18)3)15(5)22-16(6)23-20/h13,17-18H,4,7-11H2,1-3,5-6H3/b21-12+. The fourth-order valence-corrected chi connectivity index (χ4v) is 4.23. The van der Waals surface area contributed by atoms with Gasteiger partial charge in [0.05, 0.1) is 0 Å². The molecule has 0 saturated heterocycles. The summed E-state index contributed by atoms with van der Waals surface area (Å²) in [5.41, 5.74) is 8.37. The van der Waals surface area contributed by atoms with Crippen molar-refractivity contribution in [1.29, 1.82) is 0 Å². The number of hydrogen-bond acceptors (Lipinski definition) is 2. The zero-order chi connectivity index (χ0) is 16.7. The summed E-state index contributed by atoms with van der Waals surface area (Å²) in [5.74, 6) is 2.85. The van der Waals surface area contributed by atoms with Crippen LogP contribution in [-0.4, -0.2) is 9.97 Å². The molecule has 2 nitrogen and oxygen atoms in total. The van der Waals surface area contributed by atoms with E-state index in [1.807, 2.05) is 6.92 Å². The van der Waals surface area contributed by atoms with Gasteiger partial charge in [0, 0.05) is 11.4 Å². The molecule has 124 valence electrons. The minimum Gasteiger partial charge on any atom is -0.238 e. The van der Waals surface area contributed by atoms with E-state index in [1.165, 1.54) is 35.4 Å². The maximum Gasteiger partial charge on any atom is 0.125 e. The van der Waals surface area contributed by atoms with E-state index in [-0.39, 0.29) is 0 Å². The molecule has 23 heavy (non-hydrogen) atoms. The number of aryl methyl sites for hydroxylation is 2. The topological polar surface area (TPSA) is 25.8 Å². The summed E-state index contributed by atoms with van der Waals surface area (Å²) < 4.78 is 0. The van der Waals surface area contributed by atoms with Crippen molar-refractivity contribution >= 4 is 0 Å². The molecule has 0 spiro atoms. The van der Waals surface area contributed by atoms with Crippen molar-refractivity contribution in [3.63, 3.8) is 0 Å². The van der Waals surface area contributed by atoms with Crippen LogP contribution in [0.15, 0.2) is 23.3 Å². The van der Waals surface area contributed by atoms with Crippen LogP contribution < -0.4 is 0 Å². The zero-order valence-corrected chi connectivity index (χ0v) is 15.4. The molecular weight excluding hydrogens is 280 g/mol. The number of nitrogens with zero attached hydrogens (tertiary/aromatic N) is 2. The van der Waals surface area contributed by atoms with Crippen molar-refractivity contribution in [3.8, 4) is 0 Å². The first-order valence-electron chi connectivity index (χ1n) is 9.14.